The van der Waals surface area contributed by atoms with Crippen molar-refractivity contribution in [2.45, 2.75) is 84.5 Å². The fourth-order valence-electron chi connectivity index (χ4n) is 7.17. The molecule has 17 heteroatoms. The van der Waals surface area contributed by atoms with Crippen molar-refractivity contribution < 1.29 is 24.0 Å². The summed E-state index contributed by atoms with van der Waals surface area (Å²) in [5, 5.41) is 23.7. The van der Waals surface area contributed by atoms with E-state index in [1.165, 1.54) is 21.1 Å². The van der Waals surface area contributed by atoms with Gasteiger partial charge >= 0.3 is 0 Å². The molecule has 1 aromatic carbocycles. The Bertz CT molecular complexity index is 2190. The summed E-state index contributed by atoms with van der Waals surface area (Å²) in [5.74, 6) is 0.0661. The van der Waals surface area contributed by atoms with E-state index in [-0.39, 0.29) is 56.1 Å². The van der Waals surface area contributed by atoms with E-state index < -0.39 is 18.0 Å². The van der Waals surface area contributed by atoms with Crippen LogP contribution < -0.4 is 21.3 Å². The summed E-state index contributed by atoms with van der Waals surface area (Å²) in [6.45, 7) is 7.83. The van der Waals surface area contributed by atoms with E-state index in [9.17, 15) is 24.0 Å². The molecule has 1 unspecified atom stereocenters. The lowest BCUT2D eigenvalue weighted by atomic mass is 9.99. The lowest BCUT2D eigenvalue weighted by Gasteiger charge is -2.25. The fraction of sp³-hybridized carbons (Fsp3) is 0.421. The smallest absolute Gasteiger partial charge is 0.256 e. The number of imide groups is 1. The average Bonchev–Trinajstić information content (AvgIpc) is 3.85. The number of amides is 5. The molecule has 4 N–H and O–H groups in total. The number of aryl methyl sites for hydroxylation is 2. The number of thiophene rings is 2. The van der Waals surface area contributed by atoms with Crippen molar-refractivity contribution in [2.75, 3.05) is 19.6 Å². The summed E-state index contributed by atoms with van der Waals surface area (Å²) < 4.78 is 2.03. The number of nitrogens with zero attached hydrogens (tertiary/aromatic N) is 5. The number of aromatic nitrogens is 3. The third kappa shape index (κ3) is 8.13. The zero-order valence-corrected chi connectivity index (χ0v) is 33.2. The Morgan fingerprint density at radius 2 is 1.80 bits per heavy atom. The molecular formula is C38H42ClN9O5S2. The van der Waals surface area contributed by atoms with Gasteiger partial charge in [-0.3, -0.25) is 38.8 Å². The van der Waals surface area contributed by atoms with E-state index in [0.717, 1.165) is 50.1 Å². The maximum atomic E-state index is 13.3. The normalized spacial score (nSPS) is 17.9. The van der Waals surface area contributed by atoms with Crippen molar-refractivity contribution in [3.63, 3.8) is 0 Å². The summed E-state index contributed by atoms with van der Waals surface area (Å²) in [5.41, 5.74) is 5.22. The number of carbonyl (C=O) groups excluding carboxylic acids is 5. The van der Waals surface area contributed by atoms with Crippen molar-refractivity contribution in [1.29, 1.82) is 0 Å². The predicted molar refractivity (Wildman–Crippen MR) is 210 cm³/mol. The van der Waals surface area contributed by atoms with Gasteiger partial charge in [0, 0.05) is 50.8 Å². The van der Waals surface area contributed by atoms with Gasteiger partial charge in [0.25, 0.3) is 5.91 Å². The monoisotopic (exact) mass is 803 g/mol. The van der Waals surface area contributed by atoms with Gasteiger partial charge in [-0.2, -0.15) is 0 Å². The lowest BCUT2D eigenvalue weighted by Crippen LogP contribution is -2.47. The highest BCUT2D eigenvalue weighted by Gasteiger charge is 2.39. The Labute approximate surface area is 331 Å². The van der Waals surface area contributed by atoms with Crippen molar-refractivity contribution in [3.05, 3.63) is 83.9 Å². The highest BCUT2D eigenvalue weighted by atomic mass is 35.5. The number of benzene rings is 1. The average molecular weight is 804 g/mol. The van der Waals surface area contributed by atoms with Crippen LogP contribution in [0.3, 0.4) is 0 Å². The van der Waals surface area contributed by atoms with Gasteiger partial charge in [-0.1, -0.05) is 23.7 Å². The first kappa shape index (κ1) is 38.5. The second-order valence-electron chi connectivity index (χ2n) is 13.9. The van der Waals surface area contributed by atoms with Crippen molar-refractivity contribution >= 4 is 69.5 Å². The van der Waals surface area contributed by atoms with Crippen LogP contribution in [0.4, 0.5) is 0 Å². The van der Waals surface area contributed by atoms with Crippen molar-refractivity contribution in [2.24, 2.45) is 4.99 Å². The molecule has 3 aliphatic rings. The minimum Gasteiger partial charge on any atom is -0.356 e. The Morgan fingerprint density at radius 3 is 2.60 bits per heavy atom. The second-order valence-corrected chi connectivity index (χ2v) is 16.5. The number of hydrogen-bond acceptors (Lipinski definition) is 11. The van der Waals surface area contributed by atoms with Gasteiger partial charge in [0.05, 0.1) is 30.8 Å². The van der Waals surface area contributed by atoms with E-state index in [1.807, 2.05) is 35.8 Å². The predicted octanol–water partition coefficient (Wildman–Crippen LogP) is 4.20. The van der Waals surface area contributed by atoms with Crippen LogP contribution in [0.15, 0.2) is 34.6 Å². The van der Waals surface area contributed by atoms with Gasteiger partial charge < -0.3 is 20.9 Å². The lowest BCUT2D eigenvalue weighted by molar-refractivity contribution is -0.132. The highest BCUT2D eigenvalue weighted by Crippen LogP contribution is 2.40. The SMILES string of the molecule is Cc1sc2c(c1C)C(c1ccc(Cl)cc1)=N[C@@H](CC(=O)NCCCCNCC(=O)NCc1scc3c1CN(C1CCCC(=O)NC1=O)C3=O)c1nnc(C)n1-2. The number of fused-ring (bicyclic) bond motifs is 4. The molecule has 0 aliphatic carbocycles. The topological polar surface area (TPSA) is 180 Å². The minimum atomic E-state index is -0.683. The number of carbonyl (C=O) groups is 5. The summed E-state index contributed by atoms with van der Waals surface area (Å²) in [6.07, 6.45) is 2.81. The number of unbranched alkanes of at least 4 members (excludes halogenated alkanes) is 1. The maximum absolute atomic E-state index is 13.3. The van der Waals surface area contributed by atoms with Crippen LogP contribution in [0.1, 0.15) is 98.6 Å². The first-order chi connectivity index (χ1) is 26.5. The molecule has 3 aromatic heterocycles. The number of halogens is 1. The molecule has 3 aliphatic heterocycles. The van der Waals surface area contributed by atoms with Gasteiger partial charge in [0.2, 0.25) is 23.6 Å². The molecule has 5 amide bonds. The summed E-state index contributed by atoms with van der Waals surface area (Å²) in [6, 6.07) is 6.35. The highest BCUT2D eigenvalue weighted by molar-refractivity contribution is 7.15. The molecule has 1 saturated heterocycles. The van der Waals surface area contributed by atoms with Crippen molar-refractivity contribution in [1.82, 2.24) is 40.9 Å². The zero-order valence-electron chi connectivity index (χ0n) is 30.8. The van der Waals surface area contributed by atoms with Crippen LogP contribution in [0.2, 0.25) is 5.02 Å². The van der Waals surface area contributed by atoms with E-state index in [0.29, 0.717) is 48.8 Å². The van der Waals surface area contributed by atoms with Gasteiger partial charge in [0.1, 0.15) is 22.9 Å². The van der Waals surface area contributed by atoms with E-state index in [1.54, 1.807) is 16.7 Å². The molecular weight excluding hydrogens is 762 g/mol. The van der Waals surface area contributed by atoms with E-state index in [4.69, 9.17) is 16.6 Å². The first-order valence-corrected chi connectivity index (χ1v) is 20.4. The molecule has 7 rings (SSSR count). The molecule has 288 valence electrons. The summed E-state index contributed by atoms with van der Waals surface area (Å²) >= 11 is 9.29. The molecule has 55 heavy (non-hydrogen) atoms. The molecule has 1 fully saturated rings. The Kier molecular flexibility index (Phi) is 11.6. The van der Waals surface area contributed by atoms with Crippen LogP contribution in [-0.2, 0) is 32.3 Å². The van der Waals surface area contributed by atoms with E-state index in [2.05, 4.69) is 45.3 Å². The van der Waals surface area contributed by atoms with Crippen LogP contribution in [0.5, 0.6) is 0 Å². The van der Waals surface area contributed by atoms with Crippen LogP contribution in [0, 0.1) is 20.8 Å². The van der Waals surface area contributed by atoms with Crippen LogP contribution >= 0.6 is 34.3 Å². The number of aliphatic imine (C=N–C) groups is 1. The first-order valence-electron chi connectivity index (χ1n) is 18.3. The van der Waals surface area contributed by atoms with Gasteiger partial charge in [0.15, 0.2) is 5.82 Å². The minimum absolute atomic E-state index is 0.108. The largest absolute Gasteiger partial charge is 0.356 e. The van der Waals surface area contributed by atoms with Crippen molar-refractivity contribution in [3.8, 4) is 5.00 Å². The fourth-order valence-corrected chi connectivity index (χ4v) is 9.48. The third-order valence-corrected chi connectivity index (χ3v) is 12.7. The Hall–Kier alpha value is -4.77. The van der Waals surface area contributed by atoms with Gasteiger partial charge in [-0.25, -0.2) is 0 Å². The molecule has 4 aromatic rings. The quantitative estimate of drug-likeness (QED) is 0.115. The van der Waals surface area contributed by atoms with Crippen LogP contribution in [-0.4, -0.2) is 80.6 Å². The van der Waals surface area contributed by atoms with Crippen LogP contribution in [0.25, 0.3) is 5.00 Å². The summed E-state index contributed by atoms with van der Waals surface area (Å²) in [4.78, 5) is 72.0. The zero-order chi connectivity index (χ0) is 38.8. The number of hydrogen-bond donors (Lipinski definition) is 4. The molecule has 0 radical (unpaired) electrons. The van der Waals surface area contributed by atoms with Gasteiger partial charge in [-0.05, 0) is 76.3 Å². The molecule has 0 saturated carbocycles. The maximum Gasteiger partial charge on any atom is 0.256 e. The molecule has 0 bridgehead atoms. The third-order valence-electron chi connectivity index (χ3n) is 10.2. The number of rotatable bonds is 13. The number of nitrogens with one attached hydrogen (secondary N) is 4. The van der Waals surface area contributed by atoms with Gasteiger partial charge in [-0.15, -0.1) is 32.9 Å². The molecule has 2 atom stereocenters. The van der Waals surface area contributed by atoms with E-state index >= 15 is 0 Å². The molecule has 6 heterocycles. The summed E-state index contributed by atoms with van der Waals surface area (Å²) in [7, 11) is 0. The Morgan fingerprint density at radius 1 is 1.02 bits per heavy atom. The standard InChI is InChI=1S/C38H42ClN9O5S2/c1-20-21(2)55-38-33(20)34(23-9-11-24(39)12-10-23)43-27(35-46-45-22(3)48(35)38)15-31(50)41-14-5-4-13-40-17-32(51)42-16-29-25-18-47(37(53)26(25)19-54-29)28-7-6-8-30(49)44-36(28)52/h9-12,19,27-28,40H,4-8,13-18H2,1-3H3,(H,41,50)(H,42,51)(H,44,49,52)/t27-,28?/m0/s1. The Balaban J connectivity index is 0.861. The molecule has 0 spiro atoms. The molecule has 14 nitrogen and oxygen atoms in total. The second kappa shape index (κ2) is 16.5.